The van der Waals surface area contributed by atoms with Crippen LogP contribution in [0.5, 0.6) is 0 Å². The molecule has 0 aromatic heterocycles. The quantitative estimate of drug-likeness (QED) is 0.430. The van der Waals surface area contributed by atoms with Crippen molar-refractivity contribution in [2.45, 2.75) is 40.2 Å². The van der Waals surface area contributed by atoms with Crippen LogP contribution in [0.25, 0.3) is 0 Å². The van der Waals surface area contributed by atoms with Crippen LogP contribution in [0.2, 0.25) is 0 Å². The number of rotatable bonds is 6. The number of allylic oxidation sites excluding steroid dienone is 1. The van der Waals surface area contributed by atoms with E-state index in [0.717, 1.165) is 6.42 Å². The van der Waals surface area contributed by atoms with E-state index in [1.54, 1.807) is 26.0 Å². The van der Waals surface area contributed by atoms with Crippen molar-refractivity contribution in [1.29, 1.82) is 0 Å². The molecule has 0 amide bonds. The van der Waals surface area contributed by atoms with Crippen molar-refractivity contribution in [3.8, 4) is 0 Å². The lowest BCUT2D eigenvalue weighted by Gasteiger charge is -2.12. The third kappa shape index (κ3) is 5.71. The largest absolute Gasteiger partial charge is 0.463 e. The van der Waals surface area contributed by atoms with E-state index >= 15 is 0 Å². The van der Waals surface area contributed by atoms with Crippen molar-refractivity contribution in [2.75, 3.05) is 6.61 Å². The fourth-order valence-corrected chi connectivity index (χ4v) is 1.26. The summed E-state index contributed by atoms with van der Waals surface area (Å²) in [5, 5.41) is 9.73. The van der Waals surface area contributed by atoms with Gasteiger partial charge in [0.25, 0.3) is 0 Å². The lowest BCUT2D eigenvalue weighted by Crippen LogP contribution is -2.15. The first-order valence-electron chi connectivity index (χ1n) is 5.73. The van der Waals surface area contributed by atoms with Crippen LogP contribution < -0.4 is 0 Å². The van der Waals surface area contributed by atoms with Crippen LogP contribution in [-0.2, 0) is 9.53 Å². The van der Waals surface area contributed by atoms with Gasteiger partial charge in [-0.2, -0.15) is 0 Å². The van der Waals surface area contributed by atoms with Crippen LogP contribution >= 0.6 is 0 Å². The normalized spacial score (nSPS) is 16.2. The zero-order valence-electron chi connectivity index (χ0n) is 10.6. The van der Waals surface area contributed by atoms with E-state index in [0.29, 0.717) is 12.2 Å². The van der Waals surface area contributed by atoms with Crippen molar-refractivity contribution in [3.05, 3.63) is 23.8 Å². The molecule has 0 aliphatic heterocycles. The SMILES string of the molecule is CC/C=C/C(O)C(C)/C=C(\C)C(=O)OCC. The summed E-state index contributed by atoms with van der Waals surface area (Å²) in [5.41, 5.74) is 0.540. The summed E-state index contributed by atoms with van der Waals surface area (Å²) in [6.07, 6.45) is 5.74. The number of carbonyl (C=O) groups excluding carboxylic acids is 1. The lowest BCUT2D eigenvalue weighted by molar-refractivity contribution is -0.138. The highest BCUT2D eigenvalue weighted by Gasteiger charge is 2.11. The average Bonchev–Trinajstić information content (AvgIpc) is 2.25. The van der Waals surface area contributed by atoms with Crippen LogP contribution in [0, 0.1) is 5.92 Å². The summed E-state index contributed by atoms with van der Waals surface area (Å²) >= 11 is 0. The van der Waals surface area contributed by atoms with Crippen molar-refractivity contribution < 1.29 is 14.6 Å². The number of aliphatic hydroxyl groups is 1. The molecule has 0 aromatic rings. The molecule has 2 atom stereocenters. The second kappa shape index (κ2) is 8.11. The molecule has 0 saturated heterocycles. The van der Waals surface area contributed by atoms with Gasteiger partial charge in [0.2, 0.25) is 0 Å². The second-order valence-electron chi connectivity index (χ2n) is 3.76. The Hall–Kier alpha value is -1.09. The summed E-state index contributed by atoms with van der Waals surface area (Å²) in [6, 6.07) is 0. The Kier molecular flexibility index (Phi) is 7.56. The predicted octanol–water partition coefficient (Wildman–Crippen LogP) is 2.46. The van der Waals surface area contributed by atoms with Crippen LogP contribution in [0.15, 0.2) is 23.8 Å². The molecule has 0 aromatic carbocycles. The highest BCUT2D eigenvalue weighted by molar-refractivity contribution is 5.87. The Bertz CT molecular complexity index is 266. The van der Waals surface area contributed by atoms with Gasteiger partial charge in [0, 0.05) is 11.5 Å². The van der Waals surface area contributed by atoms with E-state index in [-0.39, 0.29) is 11.9 Å². The predicted molar refractivity (Wildman–Crippen MR) is 65.0 cm³/mol. The summed E-state index contributed by atoms with van der Waals surface area (Å²) in [7, 11) is 0. The van der Waals surface area contributed by atoms with Crippen LogP contribution in [0.1, 0.15) is 34.1 Å². The molecular weight excluding hydrogens is 204 g/mol. The maximum absolute atomic E-state index is 11.3. The van der Waals surface area contributed by atoms with Gasteiger partial charge in [-0.15, -0.1) is 0 Å². The molecule has 0 heterocycles. The van der Waals surface area contributed by atoms with Crippen molar-refractivity contribution in [1.82, 2.24) is 0 Å². The fourth-order valence-electron chi connectivity index (χ4n) is 1.26. The highest BCUT2D eigenvalue weighted by atomic mass is 16.5. The van der Waals surface area contributed by atoms with E-state index in [1.807, 2.05) is 19.9 Å². The average molecular weight is 226 g/mol. The monoisotopic (exact) mass is 226 g/mol. The van der Waals surface area contributed by atoms with Gasteiger partial charge in [0.15, 0.2) is 0 Å². The fraction of sp³-hybridized carbons (Fsp3) is 0.615. The van der Waals surface area contributed by atoms with Gasteiger partial charge in [-0.1, -0.05) is 32.1 Å². The molecule has 3 nitrogen and oxygen atoms in total. The van der Waals surface area contributed by atoms with Gasteiger partial charge in [-0.05, 0) is 20.3 Å². The number of ether oxygens (including phenoxy) is 1. The van der Waals surface area contributed by atoms with Gasteiger partial charge in [-0.3, -0.25) is 0 Å². The summed E-state index contributed by atoms with van der Waals surface area (Å²) in [4.78, 5) is 11.3. The minimum Gasteiger partial charge on any atom is -0.463 e. The van der Waals surface area contributed by atoms with E-state index in [9.17, 15) is 9.90 Å². The van der Waals surface area contributed by atoms with Crippen LogP contribution in [0.3, 0.4) is 0 Å². The Morgan fingerprint density at radius 3 is 2.56 bits per heavy atom. The Balaban J connectivity index is 4.39. The Morgan fingerprint density at radius 2 is 2.06 bits per heavy atom. The highest BCUT2D eigenvalue weighted by Crippen LogP contribution is 2.10. The molecule has 0 bridgehead atoms. The first-order chi connectivity index (χ1) is 7.52. The number of aliphatic hydroxyl groups excluding tert-OH is 1. The van der Waals surface area contributed by atoms with Crippen molar-refractivity contribution in [2.24, 2.45) is 5.92 Å². The first-order valence-corrected chi connectivity index (χ1v) is 5.73. The summed E-state index contributed by atoms with van der Waals surface area (Å²) < 4.78 is 4.86. The molecule has 1 N–H and O–H groups in total. The van der Waals surface area contributed by atoms with Crippen molar-refractivity contribution >= 4 is 5.97 Å². The van der Waals surface area contributed by atoms with Crippen LogP contribution in [0.4, 0.5) is 0 Å². The maximum atomic E-state index is 11.3. The van der Waals surface area contributed by atoms with E-state index < -0.39 is 6.10 Å². The molecular formula is C13H22O3. The molecule has 92 valence electrons. The zero-order valence-corrected chi connectivity index (χ0v) is 10.6. The smallest absolute Gasteiger partial charge is 0.333 e. The van der Waals surface area contributed by atoms with Crippen LogP contribution in [-0.4, -0.2) is 23.8 Å². The number of esters is 1. The minimum atomic E-state index is -0.552. The van der Waals surface area contributed by atoms with E-state index in [1.165, 1.54) is 0 Å². The van der Waals surface area contributed by atoms with Gasteiger partial charge < -0.3 is 9.84 Å². The molecule has 16 heavy (non-hydrogen) atoms. The maximum Gasteiger partial charge on any atom is 0.333 e. The number of carbonyl (C=O) groups is 1. The van der Waals surface area contributed by atoms with Gasteiger partial charge >= 0.3 is 5.97 Å². The summed E-state index contributed by atoms with van der Waals surface area (Å²) in [6.45, 7) is 7.72. The van der Waals surface area contributed by atoms with E-state index in [2.05, 4.69) is 0 Å². The molecule has 2 unspecified atom stereocenters. The van der Waals surface area contributed by atoms with Crippen molar-refractivity contribution in [3.63, 3.8) is 0 Å². The molecule has 0 rings (SSSR count). The molecule has 3 heteroatoms. The third-order valence-corrected chi connectivity index (χ3v) is 2.22. The number of hydrogen-bond donors (Lipinski definition) is 1. The minimum absolute atomic E-state index is 0.0905. The van der Waals surface area contributed by atoms with E-state index in [4.69, 9.17) is 4.74 Å². The lowest BCUT2D eigenvalue weighted by atomic mass is 10.0. The first kappa shape index (κ1) is 14.9. The zero-order chi connectivity index (χ0) is 12.6. The molecule has 0 aliphatic carbocycles. The summed E-state index contributed by atoms with van der Waals surface area (Å²) in [5.74, 6) is -0.409. The van der Waals surface area contributed by atoms with Gasteiger partial charge in [0.1, 0.15) is 0 Å². The van der Waals surface area contributed by atoms with Gasteiger partial charge in [-0.25, -0.2) is 4.79 Å². The Morgan fingerprint density at radius 1 is 1.44 bits per heavy atom. The topological polar surface area (TPSA) is 46.5 Å². The molecule has 0 saturated carbocycles. The number of hydrogen-bond acceptors (Lipinski definition) is 3. The molecule has 0 fully saturated rings. The second-order valence-corrected chi connectivity index (χ2v) is 3.76. The van der Waals surface area contributed by atoms with Gasteiger partial charge in [0.05, 0.1) is 12.7 Å². The molecule has 0 radical (unpaired) electrons. The molecule has 0 spiro atoms. The third-order valence-electron chi connectivity index (χ3n) is 2.22. The standard InChI is InChI=1S/C13H22O3/c1-5-7-8-12(14)10(3)9-11(4)13(15)16-6-2/h7-10,12,14H,5-6H2,1-4H3/b8-7+,11-9+. The Labute approximate surface area is 97.8 Å². The molecule has 0 aliphatic rings.